The van der Waals surface area contributed by atoms with E-state index >= 15 is 0 Å². The first-order chi connectivity index (χ1) is 8.27. The highest BCUT2D eigenvalue weighted by Gasteiger charge is 2.01. The summed E-state index contributed by atoms with van der Waals surface area (Å²) in [5.74, 6) is 0.746. The van der Waals surface area contributed by atoms with E-state index in [-0.39, 0.29) is 13.2 Å². The lowest BCUT2D eigenvalue weighted by molar-refractivity contribution is 0.219. The summed E-state index contributed by atoms with van der Waals surface area (Å²) < 4.78 is 28.6. The molecule has 0 bridgehead atoms. The van der Waals surface area contributed by atoms with Gasteiger partial charge in [0.2, 0.25) is 0 Å². The number of hydrogen-bond donors (Lipinski definition) is 1. The molecular weight excluding hydrogens is 240 g/mol. The topological polar surface area (TPSA) is 55.8 Å². The van der Waals surface area contributed by atoms with Gasteiger partial charge >= 0.3 is 11.4 Å². The van der Waals surface area contributed by atoms with Gasteiger partial charge in [0, 0.05) is 5.39 Å². The van der Waals surface area contributed by atoms with Gasteiger partial charge in [-0.15, -0.1) is 0 Å². The normalized spacial score (nSPS) is 12.5. The van der Waals surface area contributed by atoms with Crippen molar-refractivity contribution >= 4 is 22.1 Å². The van der Waals surface area contributed by atoms with Gasteiger partial charge in [-0.1, -0.05) is 36.4 Å². The number of ether oxygens (including phenoxy) is 1. The maximum Gasteiger partial charge on any atom is 0.302 e. The van der Waals surface area contributed by atoms with Crippen molar-refractivity contribution in [2.45, 2.75) is 0 Å². The molecule has 1 atom stereocenters. The molecule has 90 valence electrons. The highest BCUT2D eigenvalue weighted by molar-refractivity contribution is 7.74. The van der Waals surface area contributed by atoms with Crippen LogP contribution < -0.4 is 4.74 Å². The second-order valence-corrected chi connectivity index (χ2v) is 4.03. The first kappa shape index (κ1) is 12.0. The second kappa shape index (κ2) is 5.77. The molecule has 1 unspecified atom stereocenters. The Kier molecular flexibility index (Phi) is 4.08. The molecule has 0 aliphatic rings. The predicted molar refractivity (Wildman–Crippen MR) is 66.2 cm³/mol. The van der Waals surface area contributed by atoms with Crippen LogP contribution in [-0.2, 0) is 15.5 Å². The minimum Gasteiger partial charge on any atom is -0.490 e. The monoisotopic (exact) mass is 252 g/mol. The molecule has 2 aromatic rings. The van der Waals surface area contributed by atoms with Crippen LogP contribution in [0.2, 0.25) is 0 Å². The third kappa shape index (κ3) is 3.26. The zero-order valence-corrected chi connectivity index (χ0v) is 9.85. The highest BCUT2D eigenvalue weighted by atomic mass is 32.2. The van der Waals surface area contributed by atoms with Crippen LogP contribution in [0.15, 0.2) is 42.5 Å². The van der Waals surface area contributed by atoms with E-state index in [1.54, 1.807) is 0 Å². The summed E-state index contributed by atoms with van der Waals surface area (Å²) in [6.07, 6.45) is 0. The molecule has 0 fully saturated rings. The fourth-order valence-corrected chi connectivity index (χ4v) is 1.79. The summed E-state index contributed by atoms with van der Waals surface area (Å²) in [7, 11) is 0. The molecule has 1 N–H and O–H groups in total. The Balaban J connectivity index is 2.05. The standard InChI is InChI=1S/C12H12O4S/c13-17(14)16-9-8-15-12-7-3-5-10-4-1-2-6-11(10)12/h1-7H,8-9H2,(H,13,14). The van der Waals surface area contributed by atoms with Gasteiger partial charge < -0.3 is 4.74 Å². The molecule has 0 saturated heterocycles. The van der Waals surface area contributed by atoms with Gasteiger partial charge in [0.15, 0.2) is 0 Å². The van der Waals surface area contributed by atoms with E-state index in [2.05, 4.69) is 4.18 Å². The van der Waals surface area contributed by atoms with Crippen molar-refractivity contribution in [1.82, 2.24) is 0 Å². The second-order valence-electron chi connectivity index (χ2n) is 3.36. The first-order valence-electron chi connectivity index (χ1n) is 5.12. The molecule has 0 aliphatic carbocycles. The van der Waals surface area contributed by atoms with E-state index in [0.717, 1.165) is 16.5 Å². The minimum absolute atomic E-state index is 0.0757. The molecule has 0 saturated carbocycles. The molecule has 17 heavy (non-hydrogen) atoms. The lowest BCUT2D eigenvalue weighted by Gasteiger charge is -2.08. The Bertz CT molecular complexity index is 521. The summed E-state index contributed by atoms with van der Waals surface area (Å²) in [4.78, 5) is 0. The van der Waals surface area contributed by atoms with Crippen molar-refractivity contribution in [3.05, 3.63) is 42.5 Å². The van der Waals surface area contributed by atoms with Gasteiger partial charge in [-0.2, -0.15) is 4.21 Å². The van der Waals surface area contributed by atoms with Crippen LogP contribution in [0.25, 0.3) is 10.8 Å². The highest BCUT2D eigenvalue weighted by Crippen LogP contribution is 2.24. The van der Waals surface area contributed by atoms with Crippen molar-refractivity contribution in [3.63, 3.8) is 0 Å². The van der Waals surface area contributed by atoms with E-state index in [1.165, 1.54) is 0 Å². The Hall–Kier alpha value is -1.43. The zero-order chi connectivity index (χ0) is 12.1. The van der Waals surface area contributed by atoms with E-state index < -0.39 is 11.4 Å². The molecule has 2 rings (SSSR count). The molecule has 0 aromatic heterocycles. The van der Waals surface area contributed by atoms with Crippen molar-refractivity contribution in [2.75, 3.05) is 13.2 Å². The molecule has 5 heteroatoms. The first-order valence-corrected chi connectivity index (χ1v) is 6.15. The van der Waals surface area contributed by atoms with Crippen LogP contribution in [0.5, 0.6) is 5.75 Å². The van der Waals surface area contributed by atoms with Crippen molar-refractivity contribution in [2.24, 2.45) is 0 Å². The fourth-order valence-electron chi connectivity index (χ4n) is 1.58. The van der Waals surface area contributed by atoms with Crippen LogP contribution >= 0.6 is 0 Å². The summed E-state index contributed by atoms with van der Waals surface area (Å²) in [6, 6.07) is 13.6. The predicted octanol–water partition coefficient (Wildman–Crippen LogP) is 2.37. The van der Waals surface area contributed by atoms with Gasteiger partial charge in [-0.05, 0) is 11.5 Å². The average molecular weight is 252 g/mol. The van der Waals surface area contributed by atoms with Crippen LogP contribution in [0, 0.1) is 0 Å². The van der Waals surface area contributed by atoms with Crippen molar-refractivity contribution in [3.8, 4) is 5.75 Å². The SMILES string of the molecule is O=S(O)OCCOc1cccc2ccccc12. The molecule has 0 radical (unpaired) electrons. The Morgan fingerprint density at radius 2 is 1.82 bits per heavy atom. The molecule has 0 aliphatic heterocycles. The van der Waals surface area contributed by atoms with Crippen LogP contribution in [-0.4, -0.2) is 22.0 Å². The molecule has 0 amide bonds. The fraction of sp³-hybridized carbons (Fsp3) is 0.167. The number of benzene rings is 2. The van der Waals surface area contributed by atoms with Gasteiger partial charge in [-0.25, -0.2) is 0 Å². The lowest BCUT2D eigenvalue weighted by Crippen LogP contribution is -2.07. The third-order valence-corrected chi connectivity index (χ3v) is 2.64. The molecule has 0 heterocycles. The van der Waals surface area contributed by atoms with Crippen LogP contribution in [0.4, 0.5) is 0 Å². The summed E-state index contributed by atoms with van der Waals surface area (Å²) >= 11 is -2.23. The van der Waals surface area contributed by atoms with Gasteiger partial charge in [0.1, 0.15) is 19.0 Å². The van der Waals surface area contributed by atoms with E-state index in [1.807, 2.05) is 42.5 Å². The molecule has 0 spiro atoms. The Morgan fingerprint density at radius 1 is 1.06 bits per heavy atom. The van der Waals surface area contributed by atoms with Crippen molar-refractivity contribution < 1.29 is 17.7 Å². The maximum absolute atomic E-state index is 10.3. The quantitative estimate of drug-likeness (QED) is 0.655. The zero-order valence-electron chi connectivity index (χ0n) is 9.04. The number of hydrogen-bond acceptors (Lipinski definition) is 3. The van der Waals surface area contributed by atoms with Crippen LogP contribution in [0.3, 0.4) is 0 Å². The minimum atomic E-state index is -2.23. The molecular formula is C12H12O4S. The Labute approximate surface area is 102 Å². The smallest absolute Gasteiger partial charge is 0.302 e. The van der Waals surface area contributed by atoms with E-state index in [0.29, 0.717) is 0 Å². The third-order valence-electron chi connectivity index (χ3n) is 2.27. The van der Waals surface area contributed by atoms with Gasteiger partial charge in [0.05, 0.1) is 0 Å². The number of fused-ring (bicyclic) bond motifs is 1. The van der Waals surface area contributed by atoms with Gasteiger partial charge in [-0.3, -0.25) is 8.74 Å². The molecule has 2 aromatic carbocycles. The van der Waals surface area contributed by atoms with Crippen molar-refractivity contribution in [1.29, 1.82) is 0 Å². The summed E-state index contributed by atoms with van der Waals surface area (Å²) in [5, 5.41) is 2.11. The van der Waals surface area contributed by atoms with E-state index in [9.17, 15) is 4.21 Å². The van der Waals surface area contributed by atoms with Gasteiger partial charge in [0.25, 0.3) is 0 Å². The average Bonchev–Trinajstić information content (AvgIpc) is 2.34. The van der Waals surface area contributed by atoms with E-state index in [4.69, 9.17) is 9.29 Å². The lowest BCUT2D eigenvalue weighted by atomic mass is 10.1. The number of rotatable bonds is 5. The summed E-state index contributed by atoms with van der Waals surface area (Å²) in [5.41, 5.74) is 0. The largest absolute Gasteiger partial charge is 0.490 e. The molecule has 4 nitrogen and oxygen atoms in total. The maximum atomic E-state index is 10.3. The summed E-state index contributed by atoms with van der Waals surface area (Å²) in [6.45, 7) is 0.312. The van der Waals surface area contributed by atoms with Crippen LogP contribution in [0.1, 0.15) is 0 Å². The Morgan fingerprint density at radius 3 is 2.65 bits per heavy atom.